The third-order valence-electron chi connectivity index (χ3n) is 4.29. The van der Waals surface area contributed by atoms with Gasteiger partial charge in [-0.15, -0.1) is 5.10 Å². The van der Waals surface area contributed by atoms with Gasteiger partial charge in [0.15, 0.2) is 18.8 Å². The number of H-pyrrole nitrogens is 1. The number of fused-ring (bicyclic) bond motifs is 1. The summed E-state index contributed by atoms with van der Waals surface area (Å²) in [6.07, 6.45) is 1.42. The Labute approximate surface area is 189 Å². The van der Waals surface area contributed by atoms with Crippen LogP contribution in [0.25, 0.3) is 10.9 Å². The second kappa shape index (κ2) is 9.37. The van der Waals surface area contributed by atoms with Crippen LogP contribution in [0.3, 0.4) is 0 Å². The number of anilines is 1. The van der Waals surface area contributed by atoms with Crippen LogP contribution in [0.1, 0.15) is 17.4 Å². The van der Waals surface area contributed by atoms with E-state index in [1.54, 1.807) is 18.2 Å². The van der Waals surface area contributed by atoms with Crippen LogP contribution in [0.2, 0.25) is 10.0 Å². The topological polar surface area (TPSA) is 118 Å². The number of ether oxygens (including phenoxy) is 1. The molecule has 3 heterocycles. The van der Waals surface area contributed by atoms with Gasteiger partial charge in [-0.1, -0.05) is 29.3 Å². The van der Waals surface area contributed by atoms with Gasteiger partial charge in [0.1, 0.15) is 11.9 Å². The number of benzene rings is 1. The summed E-state index contributed by atoms with van der Waals surface area (Å²) in [7, 11) is 0. The molecule has 0 aliphatic rings. The highest BCUT2D eigenvalue weighted by Crippen LogP contribution is 2.29. The lowest BCUT2D eigenvalue weighted by Gasteiger charge is -2.17. The van der Waals surface area contributed by atoms with E-state index < -0.39 is 25.1 Å². The molecule has 2 amide bonds. The Balaban J connectivity index is 1.50. The summed E-state index contributed by atoms with van der Waals surface area (Å²) in [6, 6.07) is 5.07. The summed E-state index contributed by atoms with van der Waals surface area (Å²) in [5.74, 6) is 0.551. The standard InChI is InChI=1S/C19H14Cl2F2N6O3/c20-11-2-1-9(3-12(11)21)17(14-6-24-8-32-14)27-19(30)26-16-4-13-10(5-25-16)18(29-28-13)31-7-15(22)23/h1-6,8,15,17H,7H2,(H,28,29)(H2,25,26,27,30). The maximum Gasteiger partial charge on any atom is 0.321 e. The Kier molecular flexibility index (Phi) is 6.37. The summed E-state index contributed by atoms with van der Waals surface area (Å²) in [6.45, 7) is -0.792. The first-order chi connectivity index (χ1) is 15.4. The van der Waals surface area contributed by atoms with Crippen LogP contribution in [0.5, 0.6) is 5.88 Å². The van der Waals surface area contributed by atoms with E-state index in [0.717, 1.165) is 0 Å². The average molecular weight is 483 g/mol. The first kappa shape index (κ1) is 21.8. The number of nitrogens with zero attached hydrogens (tertiary/aromatic N) is 3. The van der Waals surface area contributed by atoms with Crippen molar-refractivity contribution < 1.29 is 22.7 Å². The minimum atomic E-state index is -2.63. The van der Waals surface area contributed by atoms with Crippen LogP contribution in [-0.4, -0.2) is 39.2 Å². The zero-order valence-electron chi connectivity index (χ0n) is 16.0. The number of urea groups is 1. The summed E-state index contributed by atoms with van der Waals surface area (Å²) in [5, 5.41) is 12.9. The van der Waals surface area contributed by atoms with E-state index in [1.165, 1.54) is 24.9 Å². The molecule has 4 aromatic rings. The number of carbonyl (C=O) groups is 1. The Bertz CT molecular complexity index is 1240. The third-order valence-corrected chi connectivity index (χ3v) is 5.03. The fourth-order valence-electron chi connectivity index (χ4n) is 2.87. The van der Waals surface area contributed by atoms with E-state index in [4.69, 9.17) is 32.4 Å². The van der Waals surface area contributed by atoms with Gasteiger partial charge >= 0.3 is 6.03 Å². The Hall–Kier alpha value is -3.44. The van der Waals surface area contributed by atoms with Gasteiger partial charge in [0.05, 0.1) is 27.1 Å². The molecule has 0 saturated heterocycles. The highest BCUT2D eigenvalue weighted by molar-refractivity contribution is 6.42. The molecule has 32 heavy (non-hydrogen) atoms. The average Bonchev–Trinajstić information content (AvgIpc) is 3.42. The largest absolute Gasteiger partial charge is 0.470 e. The summed E-state index contributed by atoms with van der Waals surface area (Å²) in [5.41, 5.74) is 1.06. The number of aromatic nitrogens is 4. The predicted octanol–water partition coefficient (Wildman–Crippen LogP) is 4.81. The van der Waals surface area contributed by atoms with Gasteiger partial charge in [0, 0.05) is 12.3 Å². The first-order valence-electron chi connectivity index (χ1n) is 9.06. The van der Waals surface area contributed by atoms with Crippen LogP contribution >= 0.6 is 23.2 Å². The van der Waals surface area contributed by atoms with Crippen LogP contribution in [0.15, 0.2) is 47.5 Å². The Morgan fingerprint density at radius 2 is 2.06 bits per heavy atom. The number of halogens is 4. The number of pyridine rings is 1. The van der Waals surface area contributed by atoms with Crippen LogP contribution in [0.4, 0.5) is 19.4 Å². The third kappa shape index (κ3) is 4.89. The quantitative estimate of drug-likeness (QED) is 0.347. The van der Waals surface area contributed by atoms with Crippen molar-refractivity contribution in [2.24, 2.45) is 0 Å². The molecule has 0 aliphatic heterocycles. The smallest absolute Gasteiger partial charge is 0.321 e. The monoisotopic (exact) mass is 482 g/mol. The van der Waals surface area contributed by atoms with Crippen molar-refractivity contribution in [3.8, 4) is 5.88 Å². The SMILES string of the molecule is O=C(Nc1cc2[nH]nc(OCC(F)F)c2cn1)NC(c1ccc(Cl)c(Cl)c1)c1cnco1. The minimum Gasteiger partial charge on any atom is -0.470 e. The van der Waals surface area contributed by atoms with Crippen molar-refractivity contribution in [2.75, 3.05) is 11.9 Å². The number of hydrogen-bond acceptors (Lipinski definition) is 6. The Morgan fingerprint density at radius 1 is 1.22 bits per heavy atom. The molecule has 0 spiro atoms. The van der Waals surface area contributed by atoms with Crippen molar-refractivity contribution in [1.82, 2.24) is 25.5 Å². The fourth-order valence-corrected chi connectivity index (χ4v) is 3.18. The number of carbonyl (C=O) groups excluding carboxylic acids is 1. The second-order valence-electron chi connectivity index (χ2n) is 6.45. The lowest BCUT2D eigenvalue weighted by atomic mass is 10.1. The zero-order chi connectivity index (χ0) is 22.7. The normalized spacial score (nSPS) is 12.2. The number of alkyl halides is 2. The highest BCUT2D eigenvalue weighted by Gasteiger charge is 2.21. The molecule has 13 heteroatoms. The van der Waals surface area contributed by atoms with Gasteiger partial charge in [-0.25, -0.2) is 23.5 Å². The van der Waals surface area contributed by atoms with E-state index in [9.17, 15) is 13.6 Å². The molecule has 3 aromatic heterocycles. The molecular formula is C19H14Cl2F2N6O3. The fraction of sp³-hybridized carbons (Fsp3) is 0.158. The molecule has 9 nitrogen and oxygen atoms in total. The van der Waals surface area contributed by atoms with Crippen molar-refractivity contribution in [3.63, 3.8) is 0 Å². The van der Waals surface area contributed by atoms with Crippen LogP contribution in [-0.2, 0) is 0 Å². The molecule has 3 N–H and O–H groups in total. The Morgan fingerprint density at radius 3 is 2.78 bits per heavy atom. The molecule has 0 fully saturated rings. The van der Waals surface area contributed by atoms with E-state index in [1.807, 2.05) is 0 Å². The van der Waals surface area contributed by atoms with Crippen LogP contribution in [0, 0.1) is 0 Å². The minimum absolute atomic E-state index is 0.00574. The molecule has 0 aliphatic carbocycles. The lowest BCUT2D eigenvalue weighted by Crippen LogP contribution is -2.33. The molecule has 1 aromatic carbocycles. The summed E-state index contributed by atoms with van der Waals surface area (Å²) >= 11 is 12.1. The van der Waals surface area contributed by atoms with Gasteiger partial charge in [-0.2, -0.15) is 0 Å². The van der Waals surface area contributed by atoms with Gasteiger partial charge in [0.2, 0.25) is 5.88 Å². The first-order valence-corrected chi connectivity index (χ1v) is 9.82. The van der Waals surface area contributed by atoms with Gasteiger partial charge < -0.3 is 14.5 Å². The van der Waals surface area contributed by atoms with Gasteiger partial charge in [-0.3, -0.25) is 10.4 Å². The molecule has 0 saturated carbocycles. The zero-order valence-corrected chi connectivity index (χ0v) is 17.5. The maximum absolute atomic E-state index is 12.6. The molecular weight excluding hydrogens is 469 g/mol. The molecule has 1 atom stereocenters. The predicted molar refractivity (Wildman–Crippen MR) is 112 cm³/mol. The molecule has 4 rings (SSSR count). The number of aromatic amines is 1. The van der Waals surface area contributed by atoms with E-state index in [-0.39, 0.29) is 11.7 Å². The van der Waals surface area contributed by atoms with Crippen molar-refractivity contribution in [2.45, 2.75) is 12.5 Å². The van der Waals surface area contributed by atoms with Gasteiger partial charge in [0.25, 0.3) is 6.43 Å². The van der Waals surface area contributed by atoms with E-state index >= 15 is 0 Å². The molecule has 166 valence electrons. The number of oxazole rings is 1. The van der Waals surface area contributed by atoms with Crippen molar-refractivity contribution >= 4 is 46.0 Å². The van der Waals surface area contributed by atoms with Crippen molar-refractivity contribution in [1.29, 1.82) is 0 Å². The molecule has 1 unspecified atom stereocenters. The highest BCUT2D eigenvalue weighted by atomic mass is 35.5. The summed E-state index contributed by atoms with van der Waals surface area (Å²) in [4.78, 5) is 20.6. The second-order valence-corrected chi connectivity index (χ2v) is 7.27. The lowest BCUT2D eigenvalue weighted by molar-refractivity contribution is 0.0803. The number of hydrogen-bond donors (Lipinski definition) is 3. The van der Waals surface area contributed by atoms with Gasteiger partial charge in [-0.05, 0) is 17.7 Å². The number of rotatable bonds is 7. The summed E-state index contributed by atoms with van der Waals surface area (Å²) < 4.78 is 35.0. The van der Waals surface area contributed by atoms with E-state index in [0.29, 0.717) is 32.3 Å². The van der Waals surface area contributed by atoms with Crippen molar-refractivity contribution in [3.05, 3.63) is 64.4 Å². The number of nitrogens with one attached hydrogen (secondary N) is 3. The molecule has 0 radical (unpaired) electrons. The van der Waals surface area contributed by atoms with E-state index in [2.05, 4.69) is 30.8 Å². The number of amides is 2. The molecule has 0 bridgehead atoms. The van der Waals surface area contributed by atoms with Crippen LogP contribution < -0.4 is 15.4 Å². The maximum atomic E-state index is 12.6.